The first-order valence-corrected chi connectivity index (χ1v) is 7.43. The van der Waals surface area contributed by atoms with Gasteiger partial charge in [0.1, 0.15) is 0 Å². The van der Waals surface area contributed by atoms with E-state index in [0.717, 1.165) is 17.7 Å². The van der Waals surface area contributed by atoms with Crippen LogP contribution in [0.1, 0.15) is 21.5 Å². The highest BCUT2D eigenvalue weighted by Gasteiger charge is 2.01. The number of amides is 1. The second kappa shape index (κ2) is 7.92. The topological polar surface area (TPSA) is 90.9 Å². The van der Waals surface area contributed by atoms with Crippen LogP contribution in [-0.4, -0.2) is 17.6 Å². The van der Waals surface area contributed by atoms with Crippen molar-refractivity contribution in [1.82, 2.24) is 5.32 Å². The molecule has 0 radical (unpaired) electrons. The fraction of sp³-hybridized carbons (Fsp3) is 0.118. The molecule has 0 aliphatic rings. The average Bonchev–Trinajstić information content (AvgIpc) is 2.56. The number of benzene rings is 2. The van der Waals surface area contributed by atoms with Gasteiger partial charge in [0.25, 0.3) is 0 Å². The Morgan fingerprint density at radius 2 is 1.78 bits per heavy atom. The van der Waals surface area contributed by atoms with E-state index in [1.165, 1.54) is 0 Å². The summed E-state index contributed by atoms with van der Waals surface area (Å²) in [6.07, 6.45) is 0.800. The Morgan fingerprint density at radius 1 is 1.13 bits per heavy atom. The van der Waals surface area contributed by atoms with Gasteiger partial charge < -0.3 is 16.4 Å². The highest BCUT2D eigenvalue weighted by Crippen LogP contribution is 2.09. The molecule has 5 nitrogen and oxygen atoms in total. The van der Waals surface area contributed by atoms with Gasteiger partial charge in [0.05, 0.1) is 11.6 Å². The fourth-order valence-corrected chi connectivity index (χ4v) is 2.18. The molecule has 6 heteroatoms. The van der Waals surface area contributed by atoms with E-state index in [2.05, 4.69) is 16.7 Å². The molecule has 23 heavy (non-hydrogen) atoms. The molecule has 0 spiro atoms. The predicted molar refractivity (Wildman–Crippen MR) is 94.0 cm³/mol. The Labute approximate surface area is 140 Å². The molecule has 0 unspecified atom stereocenters. The number of nitrogens with one attached hydrogen (secondary N) is 2. The molecule has 2 aromatic carbocycles. The third-order valence-electron chi connectivity index (χ3n) is 3.21. The molecule has 0 aliphatic carbocycles. The minimum Gasteiger partial charge on any atom is -0.366 e. The number of rotatable bonds is 5. The molecule has 0 fully saturated rings. The van der Waals surface area contributed by atoms with Crippen LogP contribution in [0, 0.1) is 11.3 Å². The Balaban J connectivity index is 1.78. The number of nitrogens with two attached hydrogens (primary N) is 1. The molecule has 2 rings (SSSR count). The highest BCUT2D eigenvalue weighted by molar-refractivity contribution is 7.80. The van der Waals surface area contributed by atoms with Gasteiger partial charge in [-0.25, -0.2) is 0 Å². The van der Waals surface area contributed by atoms with Crippen LogP contribution in [0.2, 0.25) is 0 Å². The van der Waals surface area contributed by atoms with Gasteiger partial charge in [-0.1, -0.05) is 12.1 Å². The van der Waals surface area contributed by atoms with Gasteiger partial charge in [-0.3, -0.25) is 4.79 Å². The molecular weight excluding hydrogens is 308 g/mol. The van der Waals surface area contributed by atoms with Gasteiger partial charge in [-0.05, 0) is 60.6 Å². The smallest absolute Gasteiger partial charge is 0.248 e. The van der Waals surface area contributed by atoms with Crippen LogP contribution < -0.4 is 16.4 Å². The van der Waals surface area contributed by atoms with E-state index in [9.17, 15) is 4.79 Å². The lowest BCUT2D eigenvalue weighted by Gasteiger charge is -2.10. The lowest BCUT2D eigenvalue weighted by Crippen LogP contribution is -2.30. The van der Waals surface area contributed by atoms with E-state index in [-0.39, 0.29) is 0 Å². The van der Waals surface area contributed by atoms with Crippen LogP contribution in [0.15, 0.2) is 48.5 Å². The summed E-state index contributed by atoms with van der Waals surface area (Å²) in [4.78, 5) is 11.0. The van der Waals surface area contributed by atoms with Gasteiger partial charge >= 0.3 is 0 Å². The summed E-state index contributed by atoms with van der Waals surface area (Å²) in [5.41, 5.74) is 8.21. The summed E-state index contributed by atoms with van der Waals surface area (Å²) in [6, 6.07) is 16.3. The second-order valence-electron chi connectivity index (χ2n) is 4.88. The molecule has 1 amide bonds. The Bertz CT molecular complexity index is 733. The molecule has 0 saturated heterocycles. The van der Waals surface area contributed by atoms with E-state index < -0.39 is 5.91 Å². The van der Waals surface area contributed by atoms with Crippen molar-refractivity contribution in [1.29, 1.82) is 5.26 Å². The Morgan fingerprint density at radius 3 is 2.35 bits per heavy atom. The van der Waals surface area contributed by atoms with Gasteiger partial charge in [0, 0.05) is 17.8 Å². The van der Waals surface area contributed by atoms with Crippen molar-refractivity contribution in [3.8, 4) is 6.07 Å². The van der Waals surface area contributed by atoms with Crippen LogP contribution in [0.3, 0.4) is 0 Å². The monoisotopic (exact) mass is 324 g/mol. The minimum atomic E-state index is -0.459. The number of carbonyl (C=O) groups is 1. The van der Waals surface area contributed by atoms with Crippen molar-refractivity contribution in [2.75, 3.05) is 11.9 Å². The number of nitriles is 1. The molecule has 0 bridgehead atoms. The van der Waals surface area contributed by atoms with E-state index in [0.29, 0.717) is 22.8 Å². The lowest BCUT2D eigenvalue weighted by atomic mass is 10.1. The van der Waals surface area contributed by atoms with Crippen LogP contribution in [0.5, 0.6) is 0 Å². The quantitative estimate of drug-likeness (QED) is 0.733. The van der Waals surface area contributed by atoms with Gasteiger partial charge in [0.15, 0.2) is 5.11 Å². The van der Waals surface area contributed by atoms with Crippen molar-refractivity contribution in [2.45, 2.75) is 6.42 Å². The van der Waals surface area contributed by atoms with E-state index in [1.54, 1.807) is 36.4 Å². The summed E-state index contributed by atoms with van der Waals surface area (Å²) >= 11 is 5.22. The predicted octanol–water partition coefficient (Wildman–Crippen LogP) is 2.19. The summed E-state index contributed by atoms with van der Waals surface area (Å²) in [6.45, 7) is 0.678. The summed E-state index contributed by atoms with van der Waals surface area (Å²) in [7, 11) is 0. The van der Waals surface area contributed by atoms with Gasteiger partial charge in [0.2, 0.25) is 5.91 Å². The largest absolute Gasteiger partial charge is 0.366 e. The van der Waals surface area contributed by atoms with Crippen molar-refractivity contribution >= 4 is 28.9 Å². The number of thiocarbonyl (C=S) groups is 1. The molecule has 0 aliphatic heterocycles. The third-order valence-corrected chi connectivity index (χ3v) is 3.46. The van der Waals surface area contributed by atoms with E-state index in [1.807, 2.05) is 12.1 Å². The van der Waals surface area contributed by atoms with Crippen LogP contribution in [0.4, 0.5) is 5.69 Å². The first-order chi connectivity index (χ1) is 11.1. The molecule has 116 valence electrons. The lowest BCUT2D eigenvalue weighted by molar-refractivity contribution is 0.100. The maximum Gasteiger partial charge on any atom is 0.248 e. The first-order valence-electron chi connectivity index (χ1n) is 7.02. The summed E-state index contributed by atoms with van der Waals surface area (Å²) < 4.78 is 0. The zero-order chi connectivity index (χ0) is 16.7. The van der Waals surface area contributed by atoms with E-state index >= 15 is 0 Å². The number of anilines is 1. The van der Waals surface area contributed by atoms with Crippen molar-refractivity contribution in [2.24, 2.45) is 5.73 Å². The molecule has 4 N–H and O–H groups in total. The Hall–Kier alpha value is -2.91. The number of carbonyl (C=O) groups excluding carboxylic acids is 1. The van der Waals surface area contributed by atoms with Gasteiger partial charge in [-0.2, -0.15) is 5.26 Å². The SMILES string of the molecule is N#Cc1ccc(CCNC(=S)Nc2ccc(C(N)=O)cc2)cc1. The van der Waals surface area contributed by atoms with Crippen molar-refractivity contribution < 1.29 is 4.79 Å². The van der Waals surface area contributed by atoms with Crippen LogP contribution in [-0.2, 0) is 6.42 Å². The number of hydrogen-bond donors (Lipinski definition) is 3. The highest BCUT2D eigenvalue weighted by atomic mass is 32.1. The van der Waals surface area contributed by atoms with Crippen molar-refractivity contribution in [3.05, 3.63) is 65.2 Å². The molecular formula is C17H16N4OS. The number of hydrogen-bond acceptors (Lipinski definition) is 3. The zero-order valence-corrected chi connectivity index (χ0v) is 13.2. The van der Waals surface area contributed by atoms with E-state index in [4.69, 9.17) is 23.2 Å². The Kier molecular flexibility index (Phi) is 5.67. The number of primary amides is 1. The number of nitrogens with zero attached hydrogens (tertiary/aromatic N) is 1. The van der Waals surface area contributed by atoms with Crippen LogP contribution in [0.25, 0.3) is 0 Å². The average molecular weight is 324 g/mol. The molecule has 0 heterocycles. The maximum absolute atomic E-state index is 11.0. The second-order valence-corrected chi connectivity index (χ2v) is 5.29. The van der Waals surface area contributed by atoms with Crippen molar-refractivity contribution in [3.63, 3.8) is 0 Å². The minimum absolute atomic E-state index is 0.454. The molecule has 2 aromatic rings. The van der Waals surface area contributed by atoms with Crippen LogP contribution >= 0.6 is 12.2 Å². The fourth-order valence-electron chi connectivity index (χ4n) is 1.96. The first kappa shape index (κ1) is 16.5. The van der Waals surface area contributed by atoms with Gasteiger partial charge in [-0.15, -0.1) is 0 Å². The zero-order valence-electron chi connectivity index (χ0n) is 12.4. The summed E-state index contributed by atoms with van der Waals surface area (Å²) in [5.74, 6) is -0.459. The normalized spacial score (nSPS) is 9.70. The molecule has 0 aromatic heterocycles. The molecule has 0 atom stereocenters. The summed E-state index contributed by atoms with van der Waals surface area (Å²) in [5, 5.41) is 15.4. The maximum atomic E-state index is 11.0. The molecule has 0 saturated carbocycles. The third kappa shape index (κ3) is 5.09. The standard InChI is InChI=1S/C17H16N4OS/c18-11-13-3-1-12(2-4-13)9-10-20-17(23)21-15-7-5-14(6-8-15)16(19)22/h1-8H,9-10H2,(H2,19,22)(H2,20,21,23).